The predicted octanol–water partition coefficient (Wildman–Crippen LogP) is 6.55. The number of fused-ring (bicyclic) bond motifs is 1. The molecule has 208 valence electrons. The number of hydrogen-bond donors (Lipinski definition) is 1. The standard InChI is InChI=1S/C29H27BrClFN4O4/c1-5-39-24-13-17(12-22(31)26(24)40-16-25(37)34-20-9-7-19(32)8-10-20)15-33-36-27(38)21-14-18(30)6-11-23(21)35-28(36)29(2,3)4/h6-15H,5,16H2,1-4H3,(H,34,37). The lowest BCUT2D eigenvalue weighted by Gasteiger charge is -2.21. The topological polar surface area (TPSA) is 94.8 Å². The first-order valence-electron chi connectivity index (χ1n) is 12.4. The molecular formula is C29H27BrClFN4O4. The van der Waals surface area contributed by atoms with Crippen LogP contribution >= 0.6 is 27.5 Å². The number of nitrogens with zero attached hydrogens (tertiary/aromatic N) is 3. The summed E-state index contributed by atoms with van der Waals surface area (Å²) in [6, 6.07) is 14.0. The Labute approximate surface area is 243 Å². The van der Waals surface area contributed by atoms with Gasteiger partial charge in [-0.3, -0.25) is 9.59 Å². The Bertz CT molecular complexity index is 1650. The number of ether oxygens (including phenoxy) is 2. The number of nitrogens with one attached hydrogen (secondary N) is 1. The van der Waals surface area contributed by atoms with Crippen molar-refractivity contribution in [1.29, 1.82) is 0 Å². The molecule has 40 heavy (non-hydrogen) atoms. The fourth-order valence-corrected chi connectivity index (χ4v) is 4.43. The first kappa shape index (κ1) is 29.2. The molecule has 0 saturated carbocycles. The van der Waals surface area contributed by atoms with E-state index < -0.39 is 17.1 Å². The van der Waals surface area contributed by atoms with E-state index >= 15 is 0 Å². The SMILES string of the molecule is CCOc1cc(C=Nn2c(C(C)(C)C)nc3ccc(Br)cc3c2=O)cc(Cl)c1OCC(=O)Nc1ccc(F)cc1. The summed E-state index contributed by atoms with van der Waals surface area (Å²) >= 11 is 9.93. The molecule has 0 spiro atoms. The van der Waals surface area contributed by atoms with Gasteiger partial charge in [0.15, 0.2) is 18.1 Å². The molecule has 0 aliphatic rings. The smallest absolute Gasteiger partial charge is 0.282 e. The van der Waals surface area contributed by atoms with Crippen molar-refractivity contribution in [3.8, 4) is 11.5 Å². The monoisotopic (exact) mass is 628 g/mol. The number of aromatic nitrogens is 2. The van der Waals surface area contributed by atoms with Crippen molar-refractivity contribution < 1.29 is 18.7 Å². The zero-order chi connectivity index (χ0) is 29.0. The number of hydrogen-bond acceptors (Lipinski definition) is 6. The maximum atomic E-state index is 13.4. The van der Waals surface area contributed by atoms with Crippen molar-refractivity contribution >= 4 is 56.2 Å². The van der Waals surface area contributed by atoms with Crippen LogP contribution in [0.4, 0.5) is 10.1 Å². The molecule has 1 aromatic heterocycles. The third kappa shape index (κ3) is 6.86. The third-order valence-corrected chi connectivity index (χ3v) is 6.38. The highest BCUT2D eigenvalue weighted by molar-refractivity contribution is 9.10. The third-order valence-electron chi connectivity index (χ3n) is 5.61. The van der Waals surface area contributed by atoms with Crippen molar-refractivity contribution in [2.75, 3.05) is 18.5 Å². The second-order valence-corrected chi connectivity index (χ2v) is 11.1. The molecule has 0 unspecified atom stereocenters. The fraction of sp³-hybridized carbons (Fsp3) is 0.241. The van der Waals surface area contributed by atoms with Gasteiger partial charge in [0.05, 0.1) is 28.7 Å². The van der Waals surface area contributed by atoms with E-state index in [1.54, 1.807) is 31.2 Å². The molecule has 1 heterocycles. The normalized spacial score (nSPS) is 11.7. The van der Waals surface area contributed by atoms with Gasteiger partial charge in [0.25, 0.3) is 11.5 Å². The molecule has 4 rings (SSSR count). The van der Waals surface area contributed by atoms with E-state index in [0.29, 0.717) is 40.3 Å². The van der Waals surface area contributed by atoms with Crippen LogP contribution in [0.15, 0.2) is 69.0 Å². The maximum Gasteiger partial charge on any atom is 0.282 e. The molecule has 3 aromatic carbocycles. The van der Waals surface area contributed by atoms with Gasteiger partial charge in [-0.25, -0.2) is 9.37 Å². The van der Waals surface area contributed by atoms with Crippen LogP contribution in [0.3, 0.4) is 0 Å². The van der Waals surface area contributed by atoms with Crippen LogP contribution < -0.4 is 20.3 Å². The van der Waals surface area contributed by atoms with Crippen molar-refractivity contribution in [2.24, 2.45) is 5.10 Å². The van der Waals surface area contributed by atoms with E-state index in [0.717, 1.165) is 4.47 Å². The molecule has 11 heteroatoms. The van der Waals surface area contributed by atoms with Crippen LogP contribution in [0.5, 0.6) is 11.5 Å². The van der Waals surface area contributed by atoms with E-state index in [1.807, 2.05) is 26.8 Å². The summed E-state index contributed by atoms with van der Waals surface area (Å²) in [7, 11) is 0. The lowest BCUT2D eigenvalue weighted by molar-refractivity contribution is -0.118. The van der Waals surface area contributed by atoms with Gasteiger partial charge in [0, 0.05) is 15.6 Å². The van der Waals surface area contributed by atoms with Crippen LogP contribution in [0.1, 0.15) is 39.1 Å². The Morgan fingerprint density at radius 1 is 1.15 bits per heavy atom. The minimum atomic E-state index is -0.474. The van der Waals surface area contributed by atoms with Gasteiger partial charge in [0.1, 0.15) is 11.6 Å². The number of carbonyl (C=O) groups is 1. The fourth-order valence-electron chi connectivity index (χ4n) is 3.80. The molecule has 1 N–H and O–H groups in total. The summed E-state index contributed by atoms with van der Waals surface area (Å²) < 4.78 is 26.6. The number of benzene rings is 3. The largest absolute Gasteiger partial charge is 0.490 e. The average molecular weight is 630 g/mol. The van der Waals surface area contributed by atoms with Crippen molar-refractivity contribution in [2.45, 2.75) is 33.1 Å². The highest BCUT2D eigenvalue weighted by Crippen LogP contribution is 2.36. The maximum absolute atomic E-state index is 13.4. The Hall–Kier alpha value is -3.76. The summed E-state index contributed by atoms with van der Waals surface area (Å²) in [6.07, 6.45) is 1.49. The summed E-state index contributed by atoms with van der Waals surface area (Å²) in [5.41, 5.74) is 0.764. The van der Waals surface area contributed by atoms with Crippen molar-refractivity contribution in [3.63, 3.8) is 0 Å². The summed E-state index contributed by atoms with van der Waals surface area (Å²) in [5.74, 6) is 0.109. The van der Waals surface area contributed by atoms with Crippen molar-refractivity contribution in [3.05, 3.63) is 91.7 Å². The highest BCUT2D eigenvalue weighted by atomic mass is 79.9. The number of halogens is 3. The number of carbonyl (C=O) groups excluding carboxylic acids is 1. The number of amides is 1. The summed E-state index contributed by atoms with van der Waals surface area (Å²) in [6.45, 7) is 7.61. The molecule has 8 nitrogen and oxygen atoms in total. The predicted molar refractivity (Wildman–Crippen MR) is 159 cm³/mol. The minimum absolute atomic E-state index is 0.180. The first-order chi connectivity index (χ1) is 19.0. The first-order valence-corrected chi connectivity index (χ1v) is 13.5. The van der Waals surface area contributed by atoms with Gasteiger partial charge in [-0.05, 0) is 67.1 Å². The highest BCUT2D eigenvalue weighted by Gasteiger charge is 2.23. The molecule has 0 aliphatic heterocycles. The Kier molecular flexibility index (Phi) is 8.90. The zero-order valence-corrected chi connectivity index (χ0v) is 24.6. The summed E-state index contributed by atoms with van der Waals surface area (Å²) in [5, 5.41) is 7.71. The molecule has 0 bridgehead atoms. The summed E-state index contributed by atoms with van der Waals surface area (Å²) in [4.78, 5) is 30.5. The van der Waals surface area contributed by atoms with E-state index in [1.165, 1.54) is 35.2 Å². The zero-order valence-electron chi connectivity index (χ0n) is 22.3. The van der Waals surface area contributed by atoms with E-state index in [9.17, 15) is 14.0 Å². The van der Waals surface area contributed by atoms with Gasteiger partial charge in [-0.15, -0.1) is 0 Å². The lowest BCUT2D eigenvalue weighted by Crippen LogP contribution is -2.29. The number of rotatable bonds is 8. The Morgan fingerprint density at radius 3 is 2.55 bits per heavy atom. The lowest BCUT2D eigenvalue weighted by atomic mass is 9.95. The van der Waals surface area contributed by atoms with Crippen LogP contribution in [0.25, 0.3) is 10.9 Å². The molecule has 4 aromatic rings. The second-order valence-electron chi connectivity index (χ2n) is 9.82. The van der Waals surface area contributed by atoms with Gasteiger partial charge >= 0.3 is 0 Å². The van der Waals surface area contributed by atoms with E-state index in [4.69, 9.17) is 26.1 Å². The molecule has 0 saturated heterocycles. The molecule has 0 atom stereocenters. The average Bonchev–Trinajstić information content (AvgIpc) is 2.89. The number of anilines is 1. The minimum Gasteiger partial charge on any atom is -0.490 e. The molecule has 1 amide bonds. The van der Waals surface area contributed by atoms with Crippen molar-refractivity contribution in [1.82, 2.24) is 9.66 Å². The quantitative estimate of drug-likeness (QED) is 0.223. The van der Waals surface area contributed by atoms with Crippen LogP contribution in [0.2, 0.25) is 5.02 Å². The Morgan fingerprint density at radius 2 is 1.88 bits per heavy atom. The van der Waals surface area contributed by atoms with Crippen LogP contribution in [-0.2, 0) is 10.2 Å². The van der Waals surface area contributed by atoms with E-state index in [-0.39, 0.29) is 22.9 Å². The molecule has 0 aliphatic carbocycles. The van der Waals surface area contributed by atoms with E-state index in [2.05, 4.69) is 26.3 Å². The molecule has 0 radical (unpaired) electrons. The van der Waals surface area contributed by atoms with Gasteiger partial charge in [-0.1, -0.05) is 48.3 Å². The second kappa shape index (κ2) is 12.2. The van der Waals surface area contributed by atoms with Gasteiger partial charge < -0.3 is 14.8 Å². The van der Waals surface area contributed by atoms with Crippen LogP contribution in [0, 0.1) is 5.82 Å². The van der Waals surface area contributed by atoms with Crippen LogP contribution in [-0.4, -0.2) is 35.0 Å². The van der Waals surface area contributed by atoms with Gasteiger partial charge in [0.2, 0.25) is 0 Å². The molecular weight excluding hydrogens is 603 g/mol. The molecule has 0 fully saturated rings. The Balaban J connectivity index is 1.63. The van der Waals surface area contributed by atoms with Gasteiger partial charge in [-0.2, -0.15) is 9.78 Å².